The van der Waals surface area contributed by atoms with Crippen LogP contribution in [0.3, 0.4) is 0 Å². The first-order valence-corrected chi connectivity index (χ1v) is 4.61. The summed E-state index contributed by atoms with van der Waals surface area (Å²) in [4.78, 5) is 3.68. The monoisotopic (exact) mass is 270 g/mol. The molecule has 0 saturated heterocycles. The van der Waals surface area contributed by atoms with E-state index in [4.69, 9.17) is 5.73 Å². The second-order valence-electron chi connectivity index (χ2n) is 2.36. The van der Waals surface area contributed by atoms with Gasteiger partial charge in [0.2, 0.25) is 0 Å². The molecule has 1 heterocycles. The van der Waals surface area contributed by atoms with Gasteiger partial charge in [-0.3, -0.25) is 0 Å². The van der Waals surface area contributed by atoms with Crippen LogP contribution in [0.1, 0.15) is 5.69 Å². The summed E-state index contributed by atoms with van der Waals surface area (Å²) in [5.41, 5.74) is 5.41. The maximum Gasteiger partial charge on any atom is 0.573 e. The number of pyridine rings is 1. The lowest BCUT2D eigenvalue weighted by molar-refractivity contribution is -0.275. The molecule has 2 N–H and O–H groups in total. The van der Waals surface area contributed by atoms with Gasteiger partial charge in [0.25, 0.3) is 0 Å². The fourth-order valence-electron chi connectivity index (χ4n) is 0.819. The average molecular weight is 271 g/mol. The van der Waals surface area contributed by atoms with E-state index in [0.717, 1.165) is 6.07 Å². The smallest absolute Gasteiger partial charge is 0.404 e. The number of ether oxygens (including phenoxy) is 1. The molecule has 14 heavy (non-hydrogen) atoms. The first kappa shape index (κ1) is 11.1. The zero-order valence-electron chi connectivity index (χ0n) is 6.81. The van der Waals surface area contributed by atoms with Crippen molar-refractivity contribution in [3.63, 3.8) is 0 Å². The molecule has 1 rings (SSSR count). The van der Waals surface area contributed by atoms with Crippen LogP contribution < -0.4 is 10.5 Å². The largest absolute Gasteiger partial charge is 0.573 e. The molecule has 3 nitrogen and oxygen atoms in total. The van der Waals surface area contributed by atoms with Crippen LogP contribution in [0.5, 0.6) is 5.75 Å². The summed E-state index contributed by atoms with van der Waals surface area (Å²) in [7, 11) is 0. The molecule has 0 atom stereocenters. The molecule has 7 heteroatoms. The van der Waals surface area contributed by atoms with E-state index in [2.05, 4.69) is 25.7 Å². The summed E-state index contributed by atoms with van der Waals surface area (Å²) >= 11 is 2.98. The fraction of sp³-hybridized carbons (Fsp3) is 0.286. The number of nitrogen functional groups attached to an aromatic ring is 1. The Kier molecular flexibility index (Phi) is 3.20. The molecule has 0 aromatic carbocycles. The quantitative estimate of drug-likeness (QED) is 0.840. The number of anilines is 1. The summed E-state index contributed by atoms with van der Waals surface area (Å²) in [6.45, 7) is 0. The van der Waals surface area contributed by atoms with Gasteiger partial charge >= 0.3 is 6.36 Å². The van der Waals surface area contributed by atoms with Gasteiger partial charge in [-0.25, -0.2) is 4.98 Å². The predicted octanol–water partition coefficient (Wildman–Crippen LogP) is 2.46. The van der Waals surface area contributed by atoms with Gasteiger partial charge in [-0.1, -0.05) is 15.9 Å². The normalized spacial score (nSPS) is 11.4. The van der Waals surface area contributed by atoms with Crippen molar-refractivity contribution in [1.29, 1.82) is 0 Å². The number of alkyl halides is 4. The maximum absolute atomic E-state index is 11.9. The number of hydrogen-bond acceptors (Lipinski definition) is 3. The third-order valence-corrected chi connectivity index (χ3v) is 1.84. The third-order valence-electron chi connectivity index (χ3n) is 1.31. The highest BCUT2D eigenvalue weighted by Gasteiger charge is 2.32. The molecule has 78 valence electrons. The van der Waals surface area contributed by atoms with Crippen LogP contribution in [-0.2, 0) is 5.33 Å². The number of nitrogens with zero attached hydrogens (tertiary/aromatic N) is 1. The molecular formula is C7H6BrF3N2O. The highest BCUT2D eigenvalue weighted by molar-refractivity contribution is 9.08. The summed E-state index contributed by atoms with van der Waals surface area (Å²) in [5, 5.41) is 0.142. The van der Waals surface area contributed by atoms with Gasteiger partial charge in [0.05, 0.1) is 5.69 Å². The number of nitrogens with two attached hydrogens (primary N) is 1. The van der Waals surface area contributed by atoms with Crippen LogP contribution in [0.15, 0.2) is 12.1 Å². The second kappa shape index (κ2) is 4.04. The van der Waals surface area contributed by atoms with Crippen LogP contribution in [0.2, 0.25) is 0 Å². The first-order chi connectivity index (χ1) is 6.42. The van der Waals surface area contributed by atoms with Crippen molar-refractivity contribution in [1.82, 2.24) is 4.98 Å². The molecule has 0 aliphatic rings. The van der Waals surface area contributed by atoms with Crippen molar-refractivity contribution in [3.8, 4) is 5.75 Å². The van der Waals surface area contributed by atoms with Gasteiger partial charge in [-0.15, -0.1) is 13.2 Å². The Balaban J connectivity index is 2.97. The molecule has 1 aromatic rings. The predicted molar refractivity (Wildman–Crippen MR) is 48.0 cm³/mol. The Morgan fingerprint density at radius 2 is 2.07 bits per heavy atom. The molecule has 0 bridgehead atoms. The van der Waals surface area contributed by atoms with E-state index >= 15 is 0 Å². The van der Waals surface area contributed by atoms with E-state index in [1.165, 1.54) is 6.07 Å². The van der Waals surface area contributed by atoms with Gasteiger partial charge in [0.1, 0.15) is 5.82 Å². The van der Waals surface area contributed by atoms with E-state index in [1.807, 2.05) is 0 Å². The molecule has 0 saturated carbocycles. The topological polar surface area (TPSA) is 48.1 Å². The summed E-state index contributed by atoms with van der Waals surface area (Å²) in [6, 6.07) is 2.37. The summed E-state index contributed by atoms with van der Waals surface area (Å²) < 4.78 is 39.3. The van der Waals surface area contributed by atoms with Gasteiger partial charge in [0.15, 0.2) is 5.75 Å². The zero-order valence-corrected chi connectivity index (χ0v) is 8.39. The third kappa shape index (κ3) is 3.06. The van der Waals surface area contributed by atoms with E-state index in [9.17, 15) is 13.2 Å². The zero-order chi connectivity index (χ0) is 10.8. The van der Waals surface area contributed by atoms with Crippen molar-refractivity contribution in [3.05, 3.63) is 17.8 Å². The lowest BCUT2D eigenvalue weighted by Gasteiger charge is -2.11. The highest BCUT2D eigenvalue weighted by atomic mass is 79.9. The van der Waals surface area contributed by atoms with Crippen molar-refractivity contribution in [2.24, 2.45) is 0 Å². The van der Waals surface area contributed by atoms with Crippen LogP contribution in [0.25, 0.3) is 0 Å². The molecule has 0 unspecified atom stereocenters. The Labute approximate surface area is 86.2 Å². The van der Waals surface area contributed by atoms with Gasteiger partial charge < -0.3 is 10.5 Å². The Morgan fingerprint density at radius 3 is 2.57 bits per heavy atom. The van der Waals surface area contributed by atoms with Gasteiger partial charge in [-0.2, -0.15) is 0 Å². The Morgan fingerprint density at radius 1 is 1.43 bits per heavy atom. The van der Waals surface area contributed by atoms with Crippen LogP contribution >= 0.6 is 15.9 Å². The molecule has 0 radical (unpaired) electrons. The summed E-state index contributed by atoms with van der Waals surface area (Å²) in [6.07, 6.45) is -4.71. The van der Waals surface area contributed by atoms with E-state index < -0.39 is 6.36 Å². The summed E-state index contributed by atoms with van der Waals surface area (Å²) in [5.74, 6) is -0.197. The fourth-order valence-corrected chi connectivity index (χ4v) is 1.22. The minimum absolute atomic E-state index is 0.113. The van der Waals surface area contributed by atoms with E-state index in [-0.39, 0.29) is 22.6 Å². The van der Waals surface area contributed by atoms with Crippen molar-refractivity contribution in [2.75, 3.05) is 5.73 Å². The lowest BCUT2D eigenvalue weighted by Crippen LogP contribution is -2.18. The number of halogens is 4. The number of hydrogen-bond donors (Lipinski definition) is 1. The average Bonchev–Trinajstić information content (AvgIpc) is 2.06. The van der Waals surface area contributed by atoms with Crippen LogP contribution in [-0.4, -0.2) is 11.3 Å². The molecule has 0 fully saturated rings. The highest BCUT2D eigenvalue weighted by Crippen LogP contribution is 2.27. The van der Waals surface area contributed by atoms with Gasteiger partial charge in [0, 0.05) is 5.33 Å². The standard InChI is InChI=1S/C7H6BrF3N2O/c8-3-4-5(14-7(9,10)11)1-2-6(12)13-4/h1-2H,3H2,(H2,12,13). The molecule has 0 spiro atoms. The minimum atomic E-state index is -4.71. The van der Waals surface area contributed by atoms with E-state index in [1.54, 1.807) is 0 Å². The lowest BCUT2D eigenvalue weighted by atomic mass is 10.3. The number of rotatable bonds is 2. The molecule has 0 aliphatic heterocycles. The van der Waals surface area contributed by atoms with Crippen molar-refractivity contribution in [2.45, 2.75) is 11.7 Å². The van der Waals surface area contributed by atoms with Crippen LogP contribution in [0, 0.1) is 0 Å². The molecule has 0 aliphatic carbocycles. The van der Waals surface area contributed by atoms with Crippen molar-refractivity contribution < 1.29 is 17.9 Å². The Hall–Kier alpha value is -0.980. The van der Waals surface area contributed by atoms with E-state index in [0.29, 0.717) is 0 Å². The Bertz CT molecular complexity index is 329. The maximum atomic E-state index is 11.9. The number of aromatic nitrogens is 1. The molecule has 0 amide bonds. The minimum Gasteiger partial charge on any atom is -0.404 e. The van der Waals surface area contributed by atoms with Gasteiger partial charge in [-0.05, 0) is 12.1 Å². The first-order valence-electron chi connectivity index (χ1n) is 3.49. The van der Waals surface area contributed by atoms with Crippen molar-refractivity contribution >= 4 is 21.7 Å². The molecule has 1 aromatic heterocycles. The SMILES string of the molecule is Nc1ccc(OC(F)(F)F)c(CBr)n1. The second-order valence-corrected chi connectivity index (χ2v) is 2.92. The molecular weight excluding hydrogens is 265 g/mol. The van der Waals surface area contributed by atoms with Crippen LogP contribution in [0.4, 0.5) is 19.0 Å².